The minimum atomic E-state index is -3.84. The first-order valence-corrected chi connectivity index (χ1v) is 9.22. The van der Waals surface area contributed by atoms with Gasteiger partial charge in [-0.1, -0.05) is 18.2 Å². The van der Waals surface area contributed by atoms with Crippen LogP contribution in [-0.4, -0.2) is 34.1 Å². The van der Waals surface area contributed by atoms with Gasteiger partial charge in [0, 0.05) is 0 Å². The first-order valence-electron chi connectivity index (χ1n) is 7.78. The quantitative estimate of drug-likeness (QED) is 0.785. The van der Waals surface area contributed by atoms with Crippen molar-refractivity contribution in [2.24, 2.45) is 0 Å². The highest BCUT2D eigenvalue weighted by molar-refractivity contribution is 7.92. The number of methoxy groups -OCH3 is 1. The molecule has 0 bridgehead atoms. The number of hydrogen-bond acceptors (Lipinski definition) is 5. The Kier molecular flexibility index (Phi) is 4.43. The summed E-state index contributed by atoms with van der Waals surface area (Å²) in [7, 11) is -2.60. The van der Waals surface area contributed by atoms with Gasteiger partial charge in [-0.15, -0.1) is 0 Å². The number of nitrogens with zero attached hydrogens (tertiary/aromatic N) is 1. The molecule has 1 unspecified atom stereocenters. The maximum Gasteiger partial charge on any atom is 0.348 e. The van der Waals surface area contributed by atoms with E-state index in [-0.39, 0.29) is 11.4 Å². The Morgan fingerprint density at radius 1 is 1.16 bits per heavy atom. The predicted molar refractivity (Wildman–Crippen MR) is 93.3 cm³/mol. The van der Waals surface area contributed by atoms with Gasteiger partial charge in [-0.05, 0) is 49.2 Å². The lowest BCUT2D eigenvalue weighted by molar-refractivity contribution is -0.148. The predicted octanol–water partition coefficient (Wildman–Crippen LogP) is 2.43. The van der Waals surface area contributed by atoms with Crippen molar-refractivity contribution in [3.05, 3.63) is 53.6 Å². The van der Waals surface area contributed by atoms with E-state index < -0.39 is 22.1 Å². The van der Waals surface area contributed by atoms with Gasteiger partial charge in [0.05, 0.1) is 24.2 Å². The van der Waals surface area contributed by atoms with E-state index in [4.69, 9.17) is 9.47 Å². The van der Waals surface area contributed by atoms with Crippen molar-refractivity contribution in [3.63, 3.8) is 0 Å². The van der Waals surface area contributed by atoms with Crippen LogP contribution in [0.15, 0.2) is 47.4 Å². The molecule has 25 heavy (non-hydrogen) atoms. The molecular formula is C18H19NO5S. The molecule has 1 aliphatic rings. The van der Waals surface area contributed by atoms with Crippen LogP contribution in [0.4, 0.5) is 5.69 Å². The van der Waals surface area contributed by atoms with Crippen LogP contribution in [0.2, 0.25) is 0 Å². The Morgan fingerprint density at radius 3 is 2.56 bits per heavy atom. The molecule has 1 atom stereocenters. The molecule has 2 aromatic rings. The van der Waals surface area contributed by atoms with Crippen LogP contribution in [0.25, 0.3) is 0 Å². The molecule has 6 nitrogen and oxygen atoms in total. The summed E-state index contributed by atoms with van der Waals surface area (Å²) in [6.45, 7) is 3.64. The highest BCUT2D eigenvalue weighted by Gasteiger charge is 2.38. The van der Waals surface area contributed by atoms with Crippen molar-refractivity contribution in [3.8, 4) is 5.75 Å². The highest BCUT2D eigenvalue weighted by atomic mass is 32.2. The third kappa shape index (κ3) is 3.07. The van der Waals surface area contributed by atoms with Gasteiger partial charge in [-0.25, -0.2) is 13.2 Å². The lowest BCUT2D eigenvalue weighted by atomic mass is 10.1. The molecule has 0 aliphatic carbocycles. The fourth-order valence-electron chi connectivity index (χ4n) is 2.69. The number of para-hydroxylation sites is 2. The number of benzene rings is 2. The lowest BCUT2D eigenvalue weighted by Gasteiger charge is -2.34. The van der Waals surface area contributed by atoms with E-state index >= 15 is 0 Å². The molecule has 0 amide bonds. The average Bonchev–Trinajstić information content (AvgIpc) is 2.62. The van der Waals surface area contributed by atoms with Crippen molar-refractivity contribution in [1.82, 2.24) is 0 Å². The molecular weight excluding hydrogens is 342 g/mol. The molecule has 0 N–H and O–H groups in total. The third-order valence-corrected chi connectivity index (χ3v) is 6.04. The molecule has 132 valence electrons. The number of anilines is 1. The normalized spacial score (nSPS) is 16.8. The molecule has 1 heterocycles. The number of esters is 1. The van der Waals surface area contributed by atoms with E-state index in [0.29, 0.717) is 11.4 Å². The minimum Gasteiger partial charge on any atom is -0.475 e. The second-order valence-corrected chi connectivity index (χ2v) is 7.74. The lowest BCUT2D eigenvalue weighted by Crippen LogP contribution is -2.47. The Hall–Kier alpha value is -2.54. The van der Waals surface area contributed by atoms with Gasteiger partial charge in [0.15, 0.2) is 0 Å². The Balaban J connectivity index is 2.10. The average molecular weight is 361 g/mol. The summed E-state index contributed by atoms with van der Waals surface area (Å²) in [5.74, 6) is -0.286. The Morgan fingerprint density at radius 2 is 1.88 bits per heavy atom. The van der Waals surface area contributed by atoms with Crippen molar-refractivity contribution >= 4 is 21.7 Å². The fourth-order valence-corrected chi connectivity index (χ4v) is 4.25. The van der Waals surface area contributed by atoms with E-state index in [1.165, 1.54) is 11.4 Å². The van der Waals surface area contributed by atoms with Crippen molar-refractivity contribution in [1.29, 1.82) is 0 Å². The van der Waals surface area contributed by atoms with Crippen LogP contribution < -0.4 is 9.04 Å². The molecule has 1 aliphatic heterocycles. The number of carbonyl (C=O) groups is 1. The molecule has 0 fully saturated rings. The van der Waals surface area contributed by atoms with Gasteiger partial charge >= 0.3 is 5.97 Å². The van der Waals surface area contributed by atoms with E-state index in [1.807, 2.05) is 13.8 Å². The first-order chi connectivity index (χ1) is 11.8. The number of carbonyl (C=O) groups excluding carboxylic acids is 1. The van der Waals surface area contributed by atoms with Gasteiger partial charge in [-0.3, -0.25) is 4.31 Å². The summed E-state index contributed by atoms with van der Waals surface area (Å²) < 4.78 is 37.9. The second-order valence-electron chi connectivity index (χ2n) is 5.88. The van der Waals surface area contributed by atoms with Gasteiger partial charge < -0.3 is 9.47 Å². The summed E-state index contributed by atoms with van der Waals surface area (Å²) in [5.41, 5.74) is 2.29. The van der Waals surface area contributed by atoms with Crippen LogP contribution in [0, 0.1) is 13.8 Å². The fraction of sp³-hybridized carbons (Fsp3) is 0.278. The molecule has 0 aromatic heterocycles. The Labute approximate surface area is 147 Å². The molecule has 3 rings (SSSR count). The van der Waals surface area contributed by atoms with E-state index in [0.717, 1.165) is 11.1 Å². The zero-order chi connectivity index (χ0) is 18.2. The zero-order valence-corrected chi connectivity index (χ0v) is 15.0. The first kappa shape index (κ1) is 17.3. The number of hydrogen-bond donors (Lipinski definition) is 0. The molecule has 2 aromatic carbocycles. The van der Waals surface area contributed by atoms with Crippen LogP contribution >= 0.6 is 0 Å². The van der Waals surface area contributed by atoms with Crippen LogP contribution in [-0.2, 0) is 19.6 Å². The summed E-state index contributed by atoms with van der Waals surface area (Å²) in [5, 5.41) is 0. The highest BCUT2D eigenvalue weighted by Crippen LogP contribution is 2.37. The Bertz CT molecular complexity index is 923. The largest absolute Gasteiger partial charge is 0.475 e. The number of ether oxygens (including phenoxy) is 2. The van der Waals surface area contributed by atoms with E-state index in [1.54, 1.807) is 42.5 Å². The zero-order valence-electron chi connectivity index (χ0n) is 14.2. The monoisotopic (exact) mass is 361 g/mol. The van der Waals surface area contributed by atoms with Gasteiger partial charge in [0.1, 0.15) is 5.75 Å². The maximum absolute atomic E-state index is 13.2. The third-order valence-electron chi connectivity index (χ3n) is 4.27. The summed E-state index contributed by atoms with van der Waals surface area (Å²) in [6, 6.07) is 11.7. The number of rotatable bonds is 3. The molecule has 0 radical (unpaired) electrons. The van der Waals surface area contributed by atoms with Gasteiger partial charge in [0.2, 0.25) is 6.10 Å². The smallest absolute Gasteiger partial charge is 0.348 e. The molecule has 0 saturated heterocycles. The van der Waals surface area contributed by atoms with E-state index in [9.17, 15) is 13.2 Å². The molecule has 7 heteroatoms. The summed E-state index contributed by atoms with van der Waals surface area (Å²) in [4.78, 5) is 12.1. The number of sulfonamides is 1. The standard InChI is InChI=1S/C18H19NO5S/c1-12-8-9-14(10-13(12)2)25(21,22)19-11-17(18(20)23-3)24-16-7-5-4-6-15(16)19/h4-10,17H,11H2,1-3H3. The van der Waals surface area contributed by atoms with Gasteiger partial charge in [-0.2, -0.15) is 0 Å². The number of fused-ring (bicyclic) bond motifs is 1. The van der Waals surface area contributed by atoms with E-state index in [2.05, 4.69) is 0 Å². The molecule has 0 spiro atoms. The molecule has 0 saturated carbocycles. The summed E-state index contributed by atoms with van der Waals surface area (Å²) in [6.07, 6.45) is -1.01. The summed E-state index contributed by atoms with van der Waals surface area (Å²) >= 11 is 0. The van der Waals surface area contributed by atoms with Crippen molar-refractivity contribution in [2.75, 3.05) is 18.0 Å². The van der Waals surface area contributed by atoms with Crippen molar-refractivity contribution < 1.29 is 22.7 Å². The van der Waals surface area contributed by atoms with Crippen LogP contribution in [0.5, 0.6) is 5.75 Å². The van der Waals surface area contributed by atoms with Gasteiger partial charge in [0.25, 0.3) is 10.0 Å². The second kappa shape index (κ2) is 6.40. The van der Waals surface area contributed by atoms with Crippen molar-refractivity contribution in [2.45, 2.75) is 24.8 Å². The minimum absolute atomic E-state index is 0.140. The maximum atomic E-state index is 13.2. The number of aryl methyl sites for hydroxylation is 2. The topological polar surface area (TPSA) is 72.9 Å². The SMILES string of the molecule is COC(=O)C1CN(S(=O)(=O)c2ccc(C)c(C)c2)c2ccccc2O1. The van der Waals surface area contributed by atoms with Crippen LogP contribution in [0.1, 0.15) is 11.1 Å². The van der Waals surface area contributed by atoms with Crippen LogP contribution in [0.3, 0.4) is 0 Å².